The average Bonchev–Trinajstić information content (AvgIpc) is 3.51. The van der Waals surface area contributed by atoms with Crippen LogP contribution in [0.1, 0.15) is 42.9 Å². The largest absolute Gasteiger partial charge is 0.335 e. The molecule has 0 bridgehead atoms. The molecular weight excluding hydrogens is 409 g/mol. The van der Waals surface area contributed by atoms with Crippen LogP contribution in [0, 0.1) is 17.7 Å². The topological polar surface area (TPSA) is 78.5 Å². The van der Waals surface area contributed by atoms with Gasteiger partial charge in [0.15, 0.2) is 5.54 Å². The Bertz CT molecular complexity index is 1090. The van der Waals surface area contributed by atoms with E-state index in [1.807, 2.05) is 35.2 Å². The Morgan fingerprint density at radius 2 is 1.94 bits per heavy atom. The fraction of sp³-hybridized carbons (Fsp3) is 0.400. The highest BCUT2D eigenvalue weighted by Gasteiger charge is 2.58. The van der Waals surface area contributed by atoms with Gasteiger partial charge < -0.3 is 10.2 Å². The van der Waals surface area contributed by atoms with E-state index in [2.05, 4.69) is 17.6 Å². The van der Waals surface area contributed by atoms with E-state index in [0.717, 1.165) is 18.4 Å². The smallest absolute Gasteiger partial charge is 0.322 e. The number of fused-ring (bicyclic) bond motifs is 2. The first-order valence-electron chi connectivity index (χ1n) is 11.1. The van der Waals surface area contributed by atoms with Gasteiger partial charge >= 0.3 is 6.03 Å². The van der Waals surface area contributed by atoms with Crippen molar-refractivity contribution in [3.8, 4) is 0 Å². The molecule has 3 unspecified atom stereocenters. The predicted molar refractivity (Wildman–Crippen MR) is 116 cm³/mol. The van der Waals surface area contributed by atoms with E-state index >= 15 is 0 Å². The molecule has 0 aromatic heterocycles. The normalized spacial score (nSPS) is 24.8. The van der Waals surface area contributed by atoms with Crippen molar-refractivity contribution in [1.29, 1.82) is 0 Å². The number of benzene rings is 2. The first kappa shape index (κ1) is 20.7. The number of urea groups is 1. The van der Waals surface area contributed by atoms with Gasteiger partial charge in [0.25, 0.3) is 5.91 Å². The highest BCUT2D eigenvalue weighted by molar-refractivity contribution is 6.08. The van der Waals surface area contributed by atoms with Crippen LogP contribution in [-0.2, 0) is 28.1 Å². The van der Waals surface area contributed by atoms with Crippen molar-refractivity contribution in [2.45, 2.75) is 50.7 Å². The second-order valence-electron chi connectivity index (χ2n) is 9.21. The van der Waals surface area contributed by atoms with Crippen molar-refractivity contribution in [1.82, 2.24) is 15.5 Å². The molecule has 2 N–H and O–H groups in total. The maximum Gasteiger partial charge on any atom is 0.322 e. The molecule has 1 saturated carbocycles. The average molecular weight is 435 g/mol. The van der Waals surface area contributed by atoms with Crippen LogP contribution < -0.4 is 10.6 Å². The molecule has 7 heteroatoms. The summed E-state index contributed by atoms with van der Waals surface area (Å²) < 4.78 is 13.9. The third kappa shape index (κ3) is 3.45. The molecule has 6 nitrogen and oxygen atoms in total. The van der Waals surface area contributed by atoms with Crippen molar-refractivity contribution in [2.75, 3.05) is 0 Å². The summed E-state index contributed by atoms with van der Waals surface area (Å²) >= 11 is 0. The molecule has 1 spiro atoms. The van der Waals surface area contributed by atoms with Crippen LogP contribution in [0.15, 0.2) is 48.5 Å². The van der Waals surface area contributed by atoms with E-state index in [1.54, 1.807) is 6.07 Å². The molecule has 2 aromatic carbocycles. The van der Waals surface area contributed by atoms with Gasteiger partial charge in [0, 0.05) is 24.9 Å². The highest BCUT2D eigenvalue weighted by Crippen LogP contribution is 2.46. The number of carbonyl (C=O) groups excluding carboxylic acids is 3. The molecule has 1 aliphatic heterocycles. The van der Waals surface area contributed by atoms with Gasteiger partial charge in [-0.25, -0.2) is 9.18 Å². The van der Waals surface area contributed by atoms with Gasteiger partial charge in [-0.05, 0) is 60.9 Å². The maximum absolute atomic E-state index is 13.9. The Morgan fingerprint density at radius 3 is 2.59 bits per heavy atom. The van der Waals surface area contributed by atoms with Crippen LogP contribution in [0.25, 0.3) is 0 Å². The highest BCUT2D eigenvalue weighted by atomic mass is 19.1. The minimum atomic E-state index is -1.34. The number of rotatable bonds is 6. The molecule has 4 amide bonds. The van der Waals surface area contributed by atoms with E-state index in [-0.39, 0.29) is 18.4 Å². The van der Waals surface area contributed by atoms with Gasteiger partial charge in [0.05, 0.1) is 0 Å². The van der Waals surface area contributed by atoms with Crippen LogP contribution in [0.2, 0.25) is 0 Å². The summed E-state index contributed by atoms with van der Waals surface area (Å²) in [6.45, 7) is 2.58. The van der Waals surface area contributed by atoms with E-state index in [9.17, 15) is 18.8 Å². The first-order valence-corrected chi connectivity index (χ1v) is 11.1. The van der Waals surface area contributed by atoms with E-state index in [1.165, 1.54) is 12.1 Å². The molecule has 0 radical (unpaired) electrons. The second kappa shape index (κ2) is 7.73. The molecule has 2 aromatic rings. The summed E-state index contributed by atoms with van der Waals surface area (Å²) in [7, 11) is 0. The molecule has 2 fully saturated rings. The minimum Gasteiger partial charge on any atom is -0.335 e. The molecular formula is C25H26FN3O3. The number of hydrogen-bond acceptors (Lipinski definition) is 3. The van der Waals surface area contributed by atoms with Gasteiger partial charge in [-0.2, -0.15) is 0 Å². The first-order chi connectivity index (χ1) is 15.4. The summed E-state index contributed by atoms with van der Waals surface area (Å²) in [6.07, 6.45) is 2.66. The van der Waals surface area contributed by atoms with Crippen molar-refractivity contribution >= 4 is 17.8 Å². The molecule has 2 aliphatic carbocycles. The molecule has 166 valence electrons. The van der Waals surface area contributed by atoms with Crippen molar-refractivity contribution < 1.29 is 18.8 Å². The van der Waals surface area contributed by atoms with E-state index in [0.29, 0.717) is 30.0 Å². The molecule has 3 aliphatic rings. The Balaban J connectivity index is 1.45. The molecule has 3 atom stereocenters. The lowest BCUT2D eigenvalue weighted by Crippen LogP contribution is -2.50. The Kier molecular flexibility index (Phi) is 4.99. The van der Waals surface area contributed by atoms with Gasteiger partial charge in [-0.3, -0.25) is 14.9 Å². The molecule has 5 rings (SSSR count). The van der Waals surface area contributed by atoms with Gasteiger partial charge in [0.1, 0.15) is 5.82 Å². The van der Waals surface area contributed by atoms with Crippen molar-refractivity contribution in [2.24, 2.45) is 11.8 Å². The third-order valence-electron chi connectivity index (χ3n) is 7.20. The number of halogens is 1. The van der Waals surface area contributed by atoms with Crippen LogP contribution >= 0.6 is 0 Å². The summed E-state index contributed by atoms with van der Waals surface area (Å²) in [4.78, 5) is 40.6. The zero-order valence-electron chi connectivity index (χ0n) is 17.9. The molecule has 1 heterocycles. The Labute approximate surface area is 186 Å². The van der Waals surface area contributed by atoms with Gasteiger partial charge in [-0.15, -0.1) is 0 Å². The number of carbonyl (C=O) groups is 3. The lowest BCUT2D eigenvalue weighted by atomic mass is 9.81. The number of imide groups is 1. The lowest BCUT2D eigenvalue weighted by molar-refractivity contribution is -0.137. The lowest BCUT2D eigenvalue weighted by Gasteiger charge is -2.34. The van der Waals surface area contributed by atoms with Gasteiger partial charge in [0.2, 0.25) is 5.91 Å². The van der Waals surface area contributed by atoms with Crippen LogP contribution in [0.4, 0.5) is 9.18 Å². The van der Waals surface area contributed by atoms with Crippen LogP contribution in [0.3, 0.4) is 0 Å². The molecule has 32 heavy (non-hydrogen) atoms. The number of nitrogens with one attached hydrogen (secondary N) is 2. The van der Waals surface area contributed by atoms with Gasteiger partial charge in [-0.1, -0.05) is 36.4 Å². The second-order valence-corrected chi connectivity index (χ2v) is 9.21. The zero-order chi connectivity index (χ0) is 22.5. The minimum absolute atomic E-state index is 0.0557. The fourth-order valence-electron chi connectivity index (χ4n) is 5.33. The predicted octanol–water partition coefficient (Wildman–Crippen LogP) is 3.25. The maximum atomic E-state index is 13.9. The number of nitrogens with zero attached hydrogens (tertiary/aromatic N) is 1. The number of hydrogen-bond donors (Lipinski definition) is 2. The van der Waals surface area contributed by atoms with Crippen molar-refractivity contribution in [3.05, 3.63) is 71.0 Å². The quantitative estimate of drug-likeness (QED) is 0.684. The van der Waals surface area contributed by atoms with Crippen molar-refractivity contribution in [3.63, 3.8) is 0 Å². The SMILES string of the molecule is CC(C1CC1)N(Cc1ccccc1)C(=O)CC1Cc2cc(F)ccc2C12NC(=O)NC2=O. The van der Waals surface area contributed by atoms with E-state index in [4.69, 9.17) is 0 Å². The summed E-state index contributed by atoms with van der Waals surface area (Å²) in [5, 5.41) is 5.09. The molecule has 1 saturated heterocycles. The monoisotopic (exact) mass is 435 g/mol. The third-order valence-corrected chi connectivity index (χ3v) is 7.20. The van der Waals surface area contributed by atoms with Crippen LogP contribution in [0.5, 0.6) is 0 Å². The van der Waals surface area contributed by atoms with E-state index < -0.39 is 29.2 Å². The van der Waals surface area contributed by atoms with Crippen LogP contribution in [-0.4, -0.2) is 28.8 Å². The summed E-state index contributed by atoms with van der Waals surface area (Å²) in [5.41, 5.74) is 0.943. The Morgan fingerprint density at radius 1 is 1.19 bits per heavy atom. The summed E-state index contributed by atoms with van der Waals surface area (Å²) in [5.74, 6) is -0.928. The Hall–Kier alpha value is -3.22. The fourth-order valence-corrected chi connectivity index (χ4v) is 5.33. The number of amides is 4. The summed E-state index contributed by atoms with van der Waals surface area (Å²) in [6, 6.07) is 13.6. The zero-order valence-corrected chi connectivity index (χ0v) is 17.9. The standard InChI is InChI=1S/C25H26FN3O3/c1-15(17-7-8-17)29(14-16-5-3-2-4-6-16)22(30)13-19-11-18-12-20(26)9-10-21(18)25(19)23(31)27-24(32)28-25/h2-6,9-10,12,15,17,19H,7-8,11,13-14H2,1H3,(H2,27,28,31,32).